The predicted octanol–water partition coefficient (Wildman–Crippen LogP) is 2.24. The molecule has 7 nitrogen and oxygen atoms in total. The van der Waals surface area contributed by atoms with Crippen LogP contribution in [0.15, 0.2) is 4.52 Å². The van der Waals surface area contributed by atoms with E-state index in [0.29, 0.717) is 30.7 Å². The standard InChI is InChI=1S/C17H29N5O2.2ClH/c1-22(2)11-14-19-16(21-24-14)17(8-3-4-9-17)20-15(23)13-7-5-6-12(13)10-18;;/h12-13H,3-11,18H2,1-2H3,(H,20,23);2*1H/t12-,13-;;/m1../s1. The van der Waals surface area contributed by atoms with Crippen LogP contribution in [0.4, 0.5) is 0 Å². The van der Waals surface area contributed by atoms with E-state index in [1.54, 1.807) is 0 Å². The monoisotopic (exact) mass is 407 g/mol. The zero-order chi connectivity index (χ0) is 17.2. The summed E-state index contributed by atoms with van der Waals surface area (Å²) >= 11 is 0. The minimum absolute atomic E-state index is 0. The highest BCUT2D eigenvalue weighted by molar-refractivity contribution is 5.85. The molecule has 0 saturated heterocycles. The van der Waals surface area contributed by atoms with Gasteiger partial charge in [0.05, 0.1) is 6.54 Å². The number of nitrogens with zero attached hydrogens (tertiary/aromatic N) is 3. The average Bonchev–Trinajstić information content (AvgIpc) is 3.26. The van der Waals surface area contributed by atoms with E-state index >= 15 is 0 Å². The van der Waals surface area contributed by atoms with Gasteiger partial charge in [-0.05, 0) is 52.2 Å². The second-order valence-corrected chi connectivity index (χ2v) is 7.56. The van der Waals surface area contributed by atoms with Crippen molar-refractivity contribution in [1.82, 2.24) is 20.4 Å². The van der Waals surface area contributed by atoms with Crippen LogP contribution in [0, 0.1) is 11.8 Å². The van der Waals surface area contributed by atoms with Crippen molar-refractivity contribution in [1.29, 1.82) is 0 Å². The topological polar surface area (TPSA) is 97.3 Å². The van der Waals surface area contributed by atoms with Crippen molar-refractivity contribution in [3.8, 4) is 0 Å². The van der Waals surface area contributed by atoms with Crippen molar-refractivity contribution < 1.29 is 9.32 Å². The summed E-state index contributed by atoms with van der Waals surface area (Å²) < 4.78 is 5.39. The lowest BCUT2D eigenvalue weighted by molar-refractivity contribution is -0.128. The first-order valence-corrected chi connectivity index (χ1v) is 9.04. The van der Waals surface area contributed by atoms with Crippen LogP contribution in [0.1, 0.15) is 56.7 Å². The Kier molecular flexibility index (Phi) is 8.79. The molecule has 0 bridgehead atoms. The molecule has 2 saturated carbocycles. The molecule has 150 valence electrons. The van der Waals surface area contributed by atoms with Crippen molar-refractivity contribution in [2.45, 2.75) is 57.0 Å². The molecule has 0 aliphatic heterocycles. The van der Waals surface area contributed by atoms with Crippen molar-refractivity contribution in [3.63, 3.8) is 0 Å². The number of nitrogens with two attached hydrogens (primary N) is 1. The van der Waals surface area contributed by atoms with E-state index < -0.39 is 5.54 Å². The average molecular weight is 408 g/mol. The van der Waals surface area contributed by atoms with E-state index in [-0.39, 0.29) is 36.6 Å². The number of halogens is 2. The van der Waals surface area contributed by atoms with Gasteiger partial charge >= 0.3 is 0 Å². The number of rotatable bonds is 6. The normalized spacial score (nSPS) is 24.2. The first kappa shape index (κ1) is 23.1. The van der Waals surface area contributed by atoms with Gasteiger partial charge in [-0.1, -0.05) is 24.4 Å². The Bertz CT molecular complexity index is 575. The summed E-state index contributed by atoms with van der Waals surface area (Å²) in [5.41, 5.74) is 5.37. The second-order valence-electron chi connectivity index (χ2n) is 7.56. The zero-order valence-corrected chi connectivity index (χ0v) is 17.2. The Morgan fingerprint density at radius 3 is 2.58 bits per heavy atom. The van der Waals surface area contributed by atoms with Crippen LogP contribution >= 0.6 is 24.8 Å². The molecule has 0 unspecified atom stereocenters. The summed E-state index contributed by atoms with van der Waals surface area (Å²) in [6, 6.07) is 0. The Hall–Kier alpha value is -0.890. The molecule has 3 N–H and O–H groups in total. The molecular weight excluding hydrogens is 377 g/mol. The van der Waals surface area contributed by atoms with Crippen LogP contribution in [0.3, 0.4) is 0 Å². The minimum Gasteiger partial charge on any atom is -0.343 e. The number of hydrogen-bond donors (Lipinski definition) is 2. The molecule has 0 spiro atoms. The lowest BCUT2D eigenvalue weighted by Gasteiger charge is -2.29. The summed E-state index contributed by atoms with van der Waals surface area (Å²) in [4.78, 5) is 19.4. The van der Waals surface area contributed by atoms with E-state index in [1.807, 2.05) is 19.0 Å². The molecule has 1 aromatic rings. The van der Waals surface area contributed by atoms with E-state index in [2.05, 4.69) is 15.5 Å². The maximum Gasteiger partial charge on any atom is 0.240 e. The largest absolute Gasteiger partial charge is 0.343 e. The number of carbonyl (C=O) groups excluding carboxylic acids is 1. The van der Waals surface area contributed by atoms with Gasteiger partial charge in [0.2, 0.25) is 11.8 Å². The lowest BCUT2D eigenvalue weighted by Crippen LogP contribution is -2.48. The van der Waals surface area contributed by atoms with Crippen molar-refractivity contribution in [2.75, 3.05) is 20.6 Å². The first-order valence-electron chi connectivity index (χ1n) is 9.04. The molecular formula is C17H31Cl2N5O2. The fourth-order valence-electron chi connectivity index (χ4n) is 4.16. The smallest absolute Gasteiger partial charge is 0.240 e. The SMILES string of the molecule is CN(C)Cc1nc(C2(NC(=O)[C@@H]3CCC[C@@H]3CN)CCCC2)no1.Cl.Cl. The second kappa shape index (κ2) is 9.88. The van der Waals surface area contributed by atoms with Gasteiger partial charge in [-0.3, -0.25) is 4.79 Å². The molecule has 1 amide bonds. The first-order chi connectivity index (χ1) is 11.5. The third-order valence-electron chi connectivity index (χ3n) is 5.47. The summed E-state index contributed by atoms with van der Waals surface area (Å²) in [7, 11) is 3.92. The highest BCUT2D eigenvalue weighted by atomic mass is 35.5. The fraction of sp³-hybridized carbons (Fsp3) is 0.824. The molecule has 2 aliphatic rings. The van der Waals surface area contributed by atoms with Gasteiger partial charge in [-0.25, -0.2) is 0 Å². The van der Waals surface area contributed by atoms with Gasteiger partial charge in [0, 0.05) is 5.92 Å². The molecule has 9 heteroatoms. The molecule has 26 heavy (non-hydrogen) atoms. The predicted molar refractivity (Wildman–Crippen MR) is 104 cm³/mol. The molecule has 1 aromatic heterocycles. The van der Waals surface area contributed by atoms with Crippen LogP contribution in [0.5, 0.6) is 0 Å². The van der Waals surface area contributed by atoms with Crippen molar-refractivity contribution in [2.24, 2.45) is 17.6 Å². The highest BCUT2D eigenvalue weighted by Gasteiger charge is 2.44. The van der Waals surface area contributed by atoms with Gasteiger partial charge in [0.15, 0.2) is 5.82 Å². The minimum atomic E-state index is -0.465. The van der Waals surface area contributed by atoms with Gasteiger partial charge in [0.1, 0.15) is 5.54 Å². The van der Waals surface area contributed by atoms with Crippen LogP contribution in [0.25, 0.3) is 0 Å². The summed E-state index contributed by atoms with van der Waals surface area (Å²) in [6.45, 7) is 1.19. The molecule has 0 aromatic carbocycles. The quantitative estimate of drug-likeness (QED) is 0.749. The summed E-state index contributed by atoms with van der Waals surface area (Å²) in [5.74, 6) is 1.67. The summed E-state index contributed by atoms with van der Waals surface area (Å²) in [6.07, 6.45) is 6.96. The highest BCUT2D eigenvalue weighted by Crippen LogP contribution is 2.39. The number of hydrogen-bond acceptors (Lipinski definition) is 6. The van der Waals surface area contributed by atoms with Crippen molar-refractivity contribution >= 4 is 30.7 Å². The van der Waals surface area contributed by atoms with Gasteiger partial charge < -0.3 is 20.5 Å². The molecule has 2 fully saturated rings. The Morgan fingerprint density at radius 1 is 1.27 bits per heavy atom. The molecule has 3 rings (SSSR count). The molecule has 2 atom stereocenters. The van der Waals surface area contributed by atoms with E-state index in [0.717, 1.165) is 44.9 Å². The Balaban J connectivity index is 0.00000169. The lowest BCUT2D eigenvalue weighted by atomic mass is 9.91. The van der Waals surface area contributed by atoms with E-state index in [9.17, 15) is 4.79 Å². The van der Waals surface area contributed by atoms with E-state index in [1.165, 1.54) is 0 Å². The van der Waals surface area contributed by atoms with Gasteiger partial charge in [-0.15, -0.1) is 24.8 Å². The van der Waals surface area contributed by atoms with Gasteiger partial charge in [-0.2, -0.15) is 4.98 Å². The number of amides is 1. The van der Waals surface area contributed by atoms with E-state index in [4.69, 9.17) is 10.3 Å². The number of carbonyl (C=O) groups is 1. The zero-order valence-electron chi connectivity index (χ0n) is 15.6. The Morgan fingerprint density at radius 2 is 1.96 bits per heavy atom. The Labute approximate surface area is 167 Å². The fourth-order valence-corrected chi connectivity index (χ4v) is 4.16. The molecule has 1 heterocycles. The third-order valence-corrected chi connectivity index (χ3v) is 5.47. The van der Waals surface area contributed by atoms with Crippen LogP contribution in [0.2, 0.25) is 0 Å². The number of nitrogens with one attached hydrogen (secondary N) is 1. The van der Waals surface area contributed by atoms with Crippen LogP contribution < -0.4 is 11.1 Å². The maximum absolute atomic E-state index is 12.9. The number of aromatic nitrogens is 2. The van der Waals surface area contributed by atoms with Crippen molar-refractivity contribution in [3.05, 3.63) is 11.7 Å². The van der Waals surface area contributed by atoms with Gasteiger partial charge in [0.25, 0.3) is 0 Å². The third kappa shape index (κ3) is 4.88. The summed E-state index contributed by atoms with van der Waals surface area (Å²) in [5, 5.41) is 7.48. The molecule has 0 radical (unpaired) electrons. The van der Waals surface area contributed by atoms with Crippen LogP contribution in [-0.2, 0) is 16.9 Å². The van der Waals surface area contributed by atoms with Crippen LogP contribution in [-0.4, -0.2) is 41.6 Å². The molecule has 2 aliphatic carbocycles. The maximum atomic E-state index is 12.9.